The van der Waals surface area contributed by atoms with Crippen molar-refractivity contribution in [3.8, 4) is 22.4 Å². The van der Waals surface area contributed by atoms with Crippen LogP contribution < -0.4 is 19.5 Å². The third-order valence-electron chi connectivity index (χ3n) is 5.13. The number of nitrogens with one attached hydrogen (secondary N) is 1. The molecule has 1 amide bonds. The molecule has 0 spiro atoms. The molecule has 0 saturated carbocycles. The summed E-state index contributed by atoms with van der Waals surface area (Å²) in [6.45, 7) is 0.916. The summed E-state index contributed by atoms with van der Waals surface area (Å²) in [6.07, 6.45) is 2.70. The topological polar surface area (TPSA) is 69.7 Å². The second kappa shape index (κ2) is 11.9. The lowest BCUT2D eigenvalue weighted by Gasteiger charge is -2.13. The molecule has 1 N–H and O–H groups in total. The quantitative estimate of drug-likeness (QED) is 0.299. The first-order chi connectivity index (χ1) is 16.7. The number of aryl methyl sites for hydroxylation is 1. The van der Waals surface area contributed by atoms with E-state index in [1.54, 1.807) is 13.3 Å². The number of methoxy groups -OCH3 is 1. The maximum atomic E-state index is 12.4. The SMILES string of the molecule is COc1ccc(CCC(=O)NCc2ccc(Oc3nccs3)cc2)cc1OCc1ccccc1. The standard InChI is InChI=1S/C27H26N2O4S/c1-31-24-13-9-20(17-25(24)32-19-22-5-3-2-4-6-22)10-14-26(30)29-18-21-7-11-23(12-8-21)33-27-28-15-16-34-27/h2-9,11-13,15-17H,10,14,18-19H2,1H3,(H,29,30). The van der Waals surface area contributed by atoms with Crippen LogP contribution in [0.15, 0.2) is 84.4 Å². The van der Waals surface area contributed by atoms with Crippen molar-refractivity contribution in [2.45, 2.75) is 26.0 Å². The predicted octanol–water partition coefficient (Wildman–Crippen LogP) is 5.77. The zero-order valence-electron chi connectivity index (χ0n) is 18.9. The van der Waals surface area contributed by atoms with E-state index in [-0.39, 0.29) is 5.91 Å². The van der Waals surface area contributed by atoms with Crippen molar-refractivity contribution in [2.75, 3.05) is 7.11 Å². The molecule has 7 heteroatoms. The number of thiazole rings is 1. The lowest BCUT2D eigenvalue weighted by atomic mass is 10.1. The van der Waals surface area contributed by atoms with Gasteiger partial charge in [0, 0.05) is 24.5 Å². The van der Waals surface area contributed by atoms with Crippen molar-refractivity contribution >= 4 is 17.2 Å². The summed E-state index contributed by atoms with van der Waals surface area (Å²) in [7, 11) is 1.62. The van der Waals surface area contributed by atoms with Crippen LogP contribution in [0.25, 0.3) is 0 Å². The number of hydrogen-bond acceptors (Lipinski definition) is 6. The van der Waals surface area contributed by atoms with E-state index in [0.717, 1.165) is 22.4 Å². The molecular formula is C27H26N2O4S. The van der Waals surface area contributed by atoms with E-state index >= 15 is 0 Å². The van der Waals surface area contributed by atoms with E-state index in [1.165, 1.54) is 11.3 Å². The number of amides is 1. The van der Waals surface area contributed by atoms with E-state index in [2.05, 4.69) is 10.3 Å². The zero-order chi connectivity index (χ0) is 23.6. The van der Waals surface area contributed by atoms with Gasteiger partial charge in [-0.25, -0.2) is 4.98 Å². The van der Waals surface area contributed by atoms with Crippen LogP contribution in [0.5, 0.6) is 22.4 Å². The minimum absolute atomic E-state index is 0.00863. The highest BCUT2D eigenvalue weighted by molar-refractivity contribution is 7.11. The third kappa shape index (κ3) is 6.83. The van der Waals surface area contributed by atoms with Crippen molar-refractivity contribution in [3.05, 3.63) is 101 Å². The van der Waals surface area contributed by atoms with Gasteiger partial charge in [0.1, 0.15) is 12.4 Å². The summed E-state index contributed by atoms with van der Waals surface area (Å²) in [4.78, 5) is 16.5. The molecule has 0 aliphatic carbocycles. The highest BCUT2D eigenvalue weighted by Gasteiger charge is 2.09. The molecule has 0 radical (unpaired) electrons. The molecule has 174 valence electrons. The first-order valence-electron chi connectivity index (χ1n) is 11.0. The smallest absolute Gasteiger partial charge is 0.278 e. The van der Waals surface area contributed by atoms with E-state index in [0.29, 0.717) is 42.7 Å². The Morgan fingerprint density at radius 2 is 1.74 bits per heavy atom. The van der Waals surface area contributed by atoms with E-state index in [9.17, 15) is 4.79 Å². The predicted molar refractivity (Wildman–Crippen MR) is 133 cm³/mol. The first-order valence-corrected chi connectivity index (χ1v) is 11.8. The van der Waals surface area contributed by atoms with Crippen molar-refractivity contribution in [3.63, 3.8) is 0 Å². The number of aromatic nitrogens is 1. The lowest BCUT2D eigenvalue weighted by Crippen LogP contribution is -2.22. The zero-order valence-corrected chi connectivity index (χ0v) is 19.7. The molecule has 1 heterocycles. The molecule has 0 bridgehead atoms. The maximum Gasteiger partial charge on any atom is 0.278 e. The highest BCUT2D eigenvalue weighted by Crippen LogP contribution is 2.29. The van der Waals surface area contributed by atoms with Crippen LogP contribution in [0.2, 0.25) is 0 Å². The first kappa shape index (κ1) is 23.3. The molecule has 0 aliphatic rings. The minimum atomic E-state index is -0.00863. The summed E-state index contributed by atoms with van der Waals surface area (Å²) in [5, 5.41) is 5.44. The van der Waals surface area contributed by atoms with Crippen LogP contribution in [0.3, 0.4) is 0 Å². The summed E-state index contributed by atoms with van der Waals surface area (Å²) in [5.74, 6) is 2.05. The summed E-state index contributed by atoms with van der Waals surface area (Å²) in [5.41, 5.74) is 3.10. The summed E-state index contributed by atoms with van der Waals surface area (Å²) < 4.78 is 17.0. The Morgan fingerprint density at radius 3 is 2.47 bits per heavy atom. The monoisotopic (exact) mass is 474 g/mol. The van der Waals surface area contributed by atoms with Gasteiger partial charge in [0.2, 0.25) is 5.91 Å². The molecule has 0 aliphatic heterocycles. The number of hydrogen-bond donors (Lipinski definition) is 1. The molecule has 6 nitrogen and oxygen atoms in total. The molecule has 0 fully saturated rings. The van der Waals surface area contributed by atoms with Crippen LogP contribution in [-0.4, -0.2) is 18.0 Å². The van der Waals surface area contributed by atoms with Crippen molar-refractivity contribution < 1.29 is 19.0 Å². The Kier molecular flexibility index (Phi) is 8.13. The maximum absolute atomic E-state index is 12.4. The average molecular weight is 475 g/mol. The summed E-state index contributed by atoms with van der Waals surface area (Å²) >= 11 is 1.44. The van der Waals surface area contributed by atoms with Gasteiger partial charge in [0.15, 0.2) is 11.5 Å². The fourth-order valence-corrected chi connectivity index (χ4v) is 3.81. The number of carbonyl (C=O) groups is 1. The van der Waals surface area contributed by atoms with Gasteiger partial charge >= 0.3 is 0 Å². The molecule has 0 unspecified atom stereocenters. The number of rotatable bonds is 11. The Morgan fingerprint density at radius 1 is 0.941 bits per heavy atom. The van der Waals surface area contributed by atoms with Crippen LogP contribution >= 0.6 is 11.3 Å². The van der Waals surface area contributed by atoms with Crippen molar-refractivity contribution in [1.29, 1.82) is 0 Å². The van der Waals surface area contributed by atoms with E-state index < -0.39 is 0 Å². The van der Waals surface area contributed by atoms with E-state index in [4.69, 9.17) is 14.2 Å². The number of nitrogens with zero attached hydrogens (tertiary/aromatic N) is 1. The van der Waals surface area contributed by atoms with Gasteiger partial charge in [-0.3, -0.25) is 4.79 Å². The molecule has 3 aromatic carbocycles. The minimum Gasteiger partial charge on any atom is -0.493 e. The fourth-order valence-electron chi connectivity index (χ4n) is 3.31. The van der Waals surface area contributed by atoms with Crippen molar-refractivity contribution in [1.82, 2.24) is 10.3 Å². The Labute approximate surface area is 203 Å². The van der Waals surface area contributed by atoms with Gasteiger partial charge in [0.25, 0.3) is 5.19 Å². The van der Waals surface area contributed by atoms with Crippen LogP contribution in [0.4, 0.5) is 0 Å². The molecule has 1 aromatic heterocycles. The van der Waals surface area contributed by atoms with Gasteiger partial charge in [-0.15, -0.1) is 0 Å². The van der Waals surface area contributed by atoms with Crippen molar-refractivity contribution in [2.24, 2.45) is 0 Å². The van der Waals surface area contributed by atoms with Gasteiger partial charge in [-0.2, -0.15) is 0 Å². The molecule has 4 aromatic rings. The third-order valence-corrected chi connectivity index (χ3v) is 5.78. The average Bonchev–Trinajstić information content (AvgIpc) is 3.39. The second-order valence-corrected chi connectivity index (χ2v) is 8.44. The molecular weight excluding hydrogens is 448 g/mol. The Hall–Kier alpha value is -3.84. The lowest BCUT2D eigenvalue weighted by molar-refractivity contribution is -0.121. The number of carbonyl (C=O) groups excluding carboxylic acids is 1. The molecule has 34 heavy (non-hydrogen) atoms. The van der Waals surface area contributed by atoms with Gasteiger partial charge in [-0.1, -0.05) is 59.9 Å². The normalized spacial score (nSPS) is 10.5. The Bertz CT molecular complexity index is 1180. The van der Waals surface area contributed by atoms with E-state index in [1.807, 2.05) is 78.2 Å². The number of benzene rings is 3. The van der Waals surface area contributed by atoms with Gasteiger partial charge < -0.3 is 19.5 Å². The molecule has 4 rings (SSSR count). The van der Waals surface area contributed by atoms with Crippen LogP contribution in [0.1, 0.15) is 23.1 Å². The largest absolute Gasteiger partial charge is 0.493 e. The van der Waals surface area contributed by atoms with Crippen LogP contribution in [0, 0.1) is 0 Å². The van der Waals surface area contributed by atoms with Gasteiger partial charge in [0.05, 0.1) is 7.11 Å². The van der Waals surface area contributed by atoms with Gasteiger partial charge in [-0.05, 0) is 47.4 Å². The molecule has 0 saturated heterocycles. The highest BCUT2D eigenvalue weighted by atomic mass is 32.1. The summed E-state index contributed by atoms with van der Waals surface area (Å²) in [6, 6.07) is 23.4. The Balaban J connectivity index is 1.25. The fraction of sp³-hybridized carbons (Fsp3) is 0.185. The van der Waals surface area contributed by atoms with Crippen LogP contribution in [-0.2, 0) is 24.4 Å². The second-order valence-electron chi connectivity index (χ2n) is 7.58. The number of ether oxygens (including phenoxy) is 3. The molecule has 0 atom stereocenters.